The largest absolute Gasteiger partial charge is 0.390 e. The number of rotatable bonds is 6. The van der Waals surface area contributed by atoms with E-state index in [9.17, 15) is 9.90 Å². The van der Waals surface area contributed by atoms with Crippen molar-refractivity contribution in [1.29, 1.82) is 0 Å². The Labute approximate surface area is 183 Å². The van der Waals surface area contributed by atoms with Crippen LogP contribution in [0.15, 0.2) is 79.0 Å². The van der Waals surface area contributed by atoms with Crippen LogP contribution in [0.5, 0.6) is 0 Å². The topological polar surface area (TPSA) is 53.4 Å². The van der Waals surface area contributed by atoms with Crippen molar-refractivity contribution in [3.63, 3.8) is 0 Å². The lowest BCUT2D eigenvalue weighted by Crippen LogP contribution is -2.34. The molecule has 1 aromatic heterocycles. The number of Topliss-reactive ketones (excluding diaryl/α,β-unsaturated/α-hetero) is 1. The fraction of sp³-hybridized carbons (Fsp3) is 0.333. The average Bonchev–Trinajstić information content (AvgIpc) is 3.28. The number of benzene rings is 2. The first-order valence-electron chi connectivity index (χ1n) is 11.1. The maximum absolute atomic E-state index is 12.8. The predicted molar refractivity (Wildman–Crippen MR) is 122 cm³/mol. The number of fused-ring (bicyclic) bond motifs is 1. The summed E-state index contributed by atoms with van der Waals surface area (Å²) in [7, 11) is 0. The summed E-state index contributed by atoms with van der Waals surface area (Å²) in [5.41, 5.74) is 3.28. The van der Waals surface area contributed by atoms with E-state index in [0.717, 1.165) is 49.2 Å². The van der Waals surface area contributed by atoms with Crippen LogP contribution in [0.1, 0.15) is 28.8 Å². The Kier molecular flexibility index (Phi) is 5.43. The Bertz CT molecular complexity index is 1020. The fourth-order valence-corrected chi connectivity index (χ4v) is 5.46. The highest BCUT2D eigenvalue weighted by atomic mass is 16.3. The lowest BCUT2D eigenvalue weighted by atomic mass is 9.91. The molecule has 3 atom stereocenters. The van der Waals surface area contributed by atoms with Crippen molar-refractivity contribution < 1.29 is 9.90 Å². The molecule has 1 saturated heterocycles. The number of aromatic nitrogens is 1. The number of pyridine rings is 1. The van der Waals surface area contributed by atoms with Gasteiger partial charge in [-0.15, -0.1) is 0 Å². The van der Waals surface area contributed by atoms with E-state index in [1.54, 1.807) is 6.20 Å². The molecule has 1 N–H and O–H groups in total. The summed E-state index contributed by atoms with van der Waals surface area (Å²) in [5, 5.41) is 11.1. The maximum Gasteiger partial charge on any atom is 0.176 e. The summed E-state index contributed by atoms with van der Waals surface area (Å²) in [6, 6.07) is 23.8. The standard InChI is InChI=1S/C27H28N2O2/c30-26(22-11-9-21(10-12-22)25-8-4-5-13-28-25)19-29-17-23-15-27(31,16-24(23)18-29)14-20-6-2-1-3-7-20/h1-13,23-24,31H,14-19H2/t23-,24+,27?. The highest BCUT2D eigenvalue weighted by molar-refractivity contribution is 5.98. The van der Waals surface area contributed by atoms with E-state index in [1.807, 2.05) is 60.7 Å². The first kappa shape index (κ1) is 20.1. The Morgan fingerprint density at radius 1 is 0.935 bits per heavy atom. The zero-order valence-corrected chi connectivity index (χ0v) is 17.7. The summed E-state index contributed by atoms with van der Waals surface area (Å²) < 4.78 is 0. The summed E-state index contributed by atoms with van der Waals surface area (Å²) in [5.74, 6) is 1.12. The lowest BCUT2D eigenvalue weighted by molar-refractivity contribution is 0.0355. The molecular formula is C27H28N2O2. The van der Waals surface area contributed by atoms with E-state index >= 15 is 0 Å². The van der Waals surface area contributed by atoms with Crippen LogP contribution in [0, 0.1) is 11.8 Å². The highest BCUT2D eigenvalue weighted by Gasteiger charge is 2.48. The smallest absolute Gasteiger partial charge is 0.176 e. The van der Waals surface area contributed by atoms with Crippen LogP contribution >= 0.6 is 0 Å². The SMILES string of the molecule is O=C(CN1C[C@@H]2CC(O)(Cc3ccccc3)C[C@@H]2C1)c1ccc(-c2ccccn2)cc1. The van der Waals surface area contributed by atoms with Gasteiger partial charge in [0.05, 0.1) is 17.8 Å². The third kappa shape index (κ3) is 4.46. The van der Waals surface area contributed by atoms with E-state index in [4.69, 9.17) is 0 Å². The molecule has 2 fully saturated rings. The Morgan fingerprint density at radius 3 is 2.26 bits per heavy atom. The molecule has 31 heavy (non-hydrogen) atoms. The van der Waals surface area contributed by atoms with E-state index in [2.05, 4.69) is 22.0 Å². The van der Waals surface area contributed by atoms with Gasteiger partial charge in [-0.1, -0.05) is 60.7 Å². The second-order valence-electron chi connectivity index (χ2n) is 9.22. The van der Waals surface area contributed by atoms with Crippen molar-refractivity contribution in [3.05, 3.63) is 90.1 Å². The van der Waals surface area contributed by atoms with Crippen molar-refractivity contribution in [2.45, 2.75) is 24.9 Å². The third-order valence-corrected chi connectivity index (χ3v) is 6.85. The number of hydrogen-bond donors (Lipinski definition) is 1. The van der Waals surface area contributed by atoms with E-state index in [-0.39, 0.29) is 5.78 Å². The molecule has 2 aliphatic rings. The molecular weight excluding hydrogens is 384 g/mol. The van der Waals surface area contributed by atoms with Gasteiger partial charge in [0.25, 0.3) is 0 Å². The zero-order chi connectivity index (χ0) is 21.3. The molecule has 0 radical (unpaired) electrons. The Hall–Kier alpha value is -2.82. The summed E-state index contributed by atoms with van der Waals surface area (Å²) in [6.45, 7) is 2.26. The van der Waals surface area contributed by atoms with Gasteiger partial charge in [-0.25, -0.2) is 0 Å². The Balaban J connectivity index is 1.16. The molecule has 1 saturated carbocycles. The molecule has 4 heteroatoms. The van der Waals surface area contributed by atoms with Crippen molar-refractivity contribution in [1.82, 2.24) is 9.88 Å². The van der Waals surface area contributed by atoms with Crippen LogP contribution in [0.25, 0.3) is 11.3 Å². The molecule has 1 aliphatic carbocycles. The number of hydrogen-bond acceptors (Lipinski definition) is 4. The number of carbonyl (C=O) groups excluding carboxylic acids is 1. The molecule has 158 valence electrons. The molecule has 0 spiro atoms. The minimum absolute atomic E-state index is 0.159. The maximum atomic E-state index is 12.8. The van der Waals surface area contributed by atoms with Crippen molar-refractivity contribution in [2.24, 2.45) is 11.8 Å². The summed E-state index contributed by atoms with van der Waals surface area (Å²) >= 11 is 0. The monoisotopic (exact) mass is 412 g/mol. The molecule has 1 unspecified atom stereocenters. The van der Waals surface area contributed by atoms with Crippen LogP contribution in [0.3, 0.4) is 0 Å². The predicted octanol–water partition coefficient (Wildman–Crippen LogP) is 4.25. The number of nitrogens with zero attached hydrogens (tertiary/aromatic N) is 2. The van der Waals surface area contributed by atoms with Gasteiger partial charge in [0.15, 0.2) is 5.78 Å². The number of ketones is 1. The van der Waals surface area contributed by atoms with Crippen LogP contribution in [0.4, 0.5) is 0 Å². The number of aliphatic hydroxyl groups is 1. The molecule has 0 bridgehead atoms. The van der Waals surface area contributed by atoms with Gasteiger partial charge in [0.1, 0.15) is 0 Å². The van der Waals surface area contributed by atoms with Crippen LogP contribution < -0.4 is 0 Å². The quantitative estimate of drug-likeness (QED) is 0.615. The van der Waals surface area contributed by atoms with Gasteiger partial charge in [0.2, 0.25) is 0 Å². The fourth-order valence-electron chi connectivity index (χ4n) is 5.46. The van der Waals surface area contributed by atoms with Crippen LogP contribution in [0.2, 0.25) is 0 Å². The first-order valence-corrected chi connectivity index (χ1v) is 11.1. The van der Waals surface area contributed by atoms with Crippen molar-refractivity contribution in [3.8, 4) is 11.3 Å². The van der Waals surface area contributed by atoms with Gasteiger partial charge >= 0.3 is 0 Å². The van der Waals surface area contributed by atoms with Gasteiger partial charge in [-0.05, 0) is 42.4 Å². The normalized spacial score (nSPS) is 25.5. The summed E-state index contributed by atoms with van der Waals surface area (Å²) in [4.78, 5) is 19.5. The second-order valence-corrected chi connectivity index (χ2v) is 9.22. The van der Waals surface area contributed by atoms with Gasteiger partial charge in [-0.3, -0.25) is 14.7 Å². The van der Waals surface area contributed by atoms with Gasteiger partial charge in [-0.2, -0.15) is 0 Å². The van der Waals surface area contributed by atoms with Gasteiger partial charge in [0, 0.05) is 36.8 Å². The molecule has 2 heterocycles. The average molecular weight is 413 g/mol. The molecule has 0 amide bonds. The van der Waals surface area contributed by atoms with Crippen molar-refractivity contribution in [2.75, 3.05) is 19.6 Å². The lowest BCUT2D eigenvalue weighted by Gasteiger charge is -2.26. The minimum atomic E-state index is -0.603. The Morgan fingerprint density at radius 2 is 1.61 bits per heavy atom. The molecule has 5 rings (SSSR count). The summed E-state index contributed by atoms with van der Waals surface area (Å²) in [6.07, 6.45) is 4.16. The van der Waals surface area contributed by atoms with E-state index in [1.165, 1.54) is 5.56 Å². The zero-order valence-electron chi connectivity index (χ0n) is 17.7. The van der Waals surface area contributed by atoms with E-state index < -0.39 is 5.60 Å². The molecule has 2 aromatic carbocycles. The van der Waals surface area contributed by atoms with Crippen LogP contribution in [-0.4, -0.2) is 46.0 Å². The molecule has 4 nitrogen and oxygen atoms in total. The third-order valence-electron chi connectivity index (χ3n) is 6.85. The van der Waals surface area contributed by atoms with Crippen molar-refractivity contribution >= 4 is 5.78 Å². The number of carbonyl (C=O) groups is 1. The highest BCUT2D eigenvalue weighted by Crippen LogP contribution is 2.45. The van der Waals surface area contributed by atoms with E-state index in [0.29, 0.717) is 18.4 Å². The first-order chi connectivity index (χ1) is 15.1. The molecule has 1 aliphatic heterocycles. The second kappa shape index (κ2) is 8.37. The van der Waals surface area contributed by atoms with Gasteiger partial charge < -0.3 is 5.11 Å². The van der Waals surface area contributed by atoms with Crippen LogP contribution in [-0.2, 0) is 6.42 Å². The molecule has 3 aromatic rings. The number of likely N-dealkylation sites (tertiary alicyclic amines) is 1. The minimum Gasteiger partial charge on any atom is -0.390 e.